The van der Waals surface area contributed by atoms with Crippen LogP contribution < -0.4 is 10.6 Å². The van der Waals surface area contributed by atoms with E-state index in [-0.39, 0.29) is 41.9 Å². The predicted molar refractivity (Wildman–Crippen MR) is 197 cm³/mol. The van der Waals surface area contributed by atoms with Crippen LogP contribution in [0.15, 0.2) is 116 Å². The lowest BCUT2D eigenvalue weighted by Gasteiger charge is -2.34. The van der Waals surface area contributed by atoms with Crippen LogP contribution >= 0.6 is 0 Å². The Labute approximate surface area is 295 Å². The summed E-state index contributed by atoms with van der Waals surface area (Å²) < 4.78 is 13.8. The summed E-state index contributed by atoms with van der Waals surface area (Å²) in [6.07, 6.45) is 8.31. The number of hydrogen-bond acceptors (Lipinski definition) is 5. The fraction of sp³-hybridized carbons (Fsp3) is 0.317. The third-order valence-corrected chi connectivity index (χ3v) is 9.08. The summed E-state index contributed by atoms with van der Waals surface area (Å²) in [5.74, 6) is -1.43. The molecule has 0 aliphatic carbocycles. The normalized spacial score (nSPS) is 12.7. The van der Waals surface area contributed by atoms with Crippen molar-refractivity contribution in [3.8, 4) is 11.1 Å². The molecule has 4 aromatic rings. The number of carbonyl (C=O) groups is 3. The molecule has 3 amide bonds. The number of hydrogen-bond donors (Lipinski definition) is 2. The highest BCUT2D eigenvalue weighted by Gasteiger charge is 2.35. The number of nitrogens with one attached hydrogen (secondary N) is 2. The number of carbonyl (C=O) groups excluding carboxylic acids is 3. The van der Waals surface area contributed by atoms with E-state index in [9.17, 15) is 18.8 Å². The van der Waals surface area contributed by atoms with Crippen LogP contribution in [0.2, 0.25) is 0 Å². The van der Waals surface area contributed by atoms with Crippen molar-refractivity contribution in [3.63, 3.8) is 0 Å². The molecule has 2 N–H and O–H groups in total. The van der Waals surface area contributed by atoms with E-state index in [0.717, 1.165) is 22.3 Å². The van der Waals surface area contributed by atoms with Gasteiger partial charge >= 0.3 is 0 Å². The molecule has 0 fully saturated rings. The maximum absolute atomic E-state index is 14.5. The Hall–Kier alpha value is -5.15. The Balaban J connectivity index is 1.60. The second-order valence-electron chi connectivity index (χ2n) is 13.2. The van der Waals surface area contributed by atoms with Gasteiger partial charge in [0, 0.05) is 51.4 Å². The minimum Gasteiger partial charge on any atom is -0.354 e. The molecule has 3 aromatic carbocycles. The summed E-state index contributed by atoms with van der Waals surface area (Å²) in [6.45, 7) is 4.43. The first-order valence-electron chi connectivity index (χ1n) is 16.9. The lowest BCUT2D eigenvalue weighted by molar-refractivity contribution is -0.146. The lowest BCUT2D eigenvalue weighted by Crippen LogP contribution is -2.56. The molecule has 0 radical (unpaired) electrons. The second kappa shape index (κ2) is 18.0. The first kappa shape index (κ1) is 37.7. The van der Waals surface area contributed by atoms with E-state index >= 15 is 0 Å². The molecule has 1 aromatic heterocycles. The van der Waals surface area contributed by atoms with E-state index in [0.29, 0.717) is 24.9 Å². The van der Waals surface area contributed by atoms with Gasteiger partial charge in [0.05, 0.1) is 0 Å². The molecule has 0 saturated carbocycles. The molecule has 4 rings (SSSR count). The van der Waals surface area contributed by atoms with E-state index in [1.165, 1.54) is 28.0 Å². The molecule has 262 valence electrons. The third-order valence-electron chi connectivity index (χ3n) is 9.08. The van der Waals surface area contributed by atoms with Crippen molar-refractivity contribution < 1.29 is 18.8 Å². The highest BCUT2D eigenvalue weighted by Crippen LogP contribution is 2.22. The van der Waals surface area contributed by atoms with E-state index < -0.39 is 12.1 Å². The van der Waals surface area contributed by atoms with Crippen molar-refractivity contribution in [2.75, 3.05) is 27.7 Å². The Morgan fingerprint density at radius 2 is 1.36 bits per heavy atom. The number of pyridine rings is 1. The standard InChI is InChI=1S/C41H48FN5O3/c1-41(2,43-3)24-9-12-38(48)46(4)37(29-31-13-17-34(18-14-31)33-10-7-6-8-11-33)40(50)47(5)36(28-32-15-19-35(42)20-16-32)39(49)45-27-23-30-21-25-44-26-22-30/h6-22,25-26,36-37,43H,23-24,27-29H2,1-5H3,(H,45,49)/b12-9+. The van der Waals surface area contributed by atoms with E-state index in [1.54, 1.807) is 38.6 Å². The summed E-state index contributed by atoms with van der Waals surface area (Å²) in [5, 5.41) is 6.20. The maximum Gasteiger partial charge on any atom is 0.246 e. The number of likely N-dealkylation sites (N-methyl/N-ethyl adjacent to an activating group) is 2. The Kier molecular flexibility index (Phi) is 13.6. The van der Waals surface area contributed by atoms with Crippen LogP contribution in [0.4, 0.5) is 4.39 Å². The van der Waals surface area contributed by atoms with Crippen LogP contribution in [0.25, 0.3) is 11.1 Å². The molecule has 50 heavy (non-hydrogen) atoms. The maximum atomic E-state index is 14.5. The first-order chi connectivity index (χ1) is 24.0. The molecule has 8 nitrogen and oxygen atoms in total. The average Bonchev–Trinajstić information content (AvgIpc) is 3.13. The average molecular weight is 678 g/mol. The van der Waals surface area contributed by atoms with Crippen molar-refractivity contribution in [3.05, 3.63) is 138 Å². The minimum absolute atomic E-state index is 0.165. The van der Waals surface area contributed by atoms with Crippen LogP contribution in [0.5, 0.6) is 0 Å². The zero-order valence-corrected chi connectivity index (χ0v) is 29.6. The number of benzene rings is 3. The van der Waals surface area contributed by atoms with Gasteiger partial charge in [-0.2, -0.15) is 0 Å². The van der Waals surface area contributed by atoms with Gasteiger partial charge in [0.15, 0.2) is 0 Å². The molecule has 0 aliphatic rings. The summed E-state index contributed by atoms with van der Waals surface area (Å²) in [7, 11) is 5.08. The molecular formula is C41H48FN5O3. The van der Waals surface area contributed by atoms with Gasteiger partial charge < -0.3 is 20.4 Å². The van der Waals surface area contributed by atoms with Crippen molar-refractivity contribution in [1.82, 2.24) is 25.4 Å². The van der Waals surface area contributed by atoms with Gasteiger partial charge in [-0.25, -0.2) is 4.39 Å². The minimum atomic E-state index is -0.913. The molecule has 9 heteroatoms. The Morgan fingerprint density at radius 1 is 0.780 bits per heavy atom. The lowest BCUT2D eigenvalue weighted by atomic mass is 9.98. The van der Waals surface area contributed by atoms with Gasteiger partial charge in [-0.05, 0) is 91.9 Å². The molecular weight excluding hydrogens is 629 g/mol. The topological polar surface area (TPSA) is 94.6 Å². The number of amides is 3. The van der Waals surface area contributed by atoms with Crippen molar-refractivity contribution in [2.24, 2.45) is 0 Å². The Bertz CT molecular complexity index is 1710. The van der Waals surface area contributed by atoms with Crippen molar-refractivity contribution >= 4 is 17.7 Å². The van der Waals surface area contributed by atoms with Crippen molar-refractivity contribution in [2.45, 2.75) is 57.2 Å². The number of halogens is 1. The second-order valence-corrected chi connectivity index (χ2v) is 13.2. The van der Waals surface area contributed by atoms with Gasteiger partial charge in [0.25, 0.3) is 0 Å². The summed E-state index contributed by atoms with van der Waals surface area (Å²) >= 11 is 0. The molecule has 0 saturated heterocycles. The van der Waals surface area contributed by atoms with Crippen LogP contribution in [-0.2, 0) is 33.6 Å². The van der Waals surface area contributed by atoms with Gasteiger partial charge in [0.1, 0.15) is 17.9 Å². The summed E-state index contributed by atoms with van der Waals surface area (Å²) in [5.41, 5.74) is 4.50. The smallest absolute Gasteiger partial charge is 0.246 e. The largest absolute Gasteiger partial charge is 0.354 e. The molecule has 0 aliphatic heterocycles. The summed E-state index contributed by atoms with van der Waals surface area (Å²) in [4.78, 5) is 48.7. The van der Waals surface area contributed by atoms with Gasteiger partial charge in [0.2, 0.25) is 17.7 Å². The first-order valence-corrected chi connectivity index (χ1v) is 16.9. The fourth-order valence-corrected chi connectivity index (χ4v) is 5.54. The Morgan fingerprint density at radius 3 is 1.98 bits per heavy atom. The highest BCUT2D eigenvalue weighted by atomic mass is 19.1. The molecule has 0 bridgehead atoms. The zero-order valence-electron chi connectivity index (χ0n) is 29.6. The predicted octanol–water partition coefficient (Wildman–Crippen LogP) is 5.63. The summed E-state index contributed by atoms with van der Waals surface area (Å²) in [6, 6.07) is 25.8. The fourth-order valence-electron chi connectivity index (χ4n) is 5.54. The molecule has 2 unspecified atom stereocenters. The monoisotopic (exact) mass is 677 g/mol. The van der Waals surface area contributed by atoms with Crippen LogP contribution in [0.3, 0.4) is 0 Å². The van der Waals surface area contributed by atoms with Gasteiger partial charge in [-0.1, -0.05) is 72.8 Å². The number of nitrogens with zero attached hydrogens (tertiary/aromatic N) is 3. The van der Waals surface area contributed by atoms with Crippen LogP contribution in [0, 0.1) is 5.82 Å². The highest BCUT2D eigenvalue weighted by molar-refractivity contribution is 5.95. The van der Waals surface area contributed by atoms with Crippen LogP contribution in [-0.4, -0.2) is 77.8 Å². The molecule has 2 atom stereocenters. The van der Waals surface area contributed by atoms with E-state index in [4.69, 9.17) is 0 Å². The number of rotatable bonds is 16. The zero-order chi connectivity index (χ0) is 36.1. The molecule has 0 spiro atoms. The number of aromatic nitrogens is 1. The SMILES string of the molecule is CNC(C)(C)C/C=C/C(=O)N(C)C(Cc1ccc(-c2ccccc2)cc1)C(=O)N(C)C(Cc1ccc(F)cc1)C(=O)NCCc1ccncc1. The van der Waals surface area contributed by atoms with Gasteiger partial charge in [-0.3, -0.25) is 19.4 Å². The van der Waals surface area contributed by atoms with Gasteiger partial charge in [-0.15, -0.1) is 0 Å². The third kappa shape index (κ3) is 10.9. The molecule has 1 heterocycles. The van der Waals surface area contributed by atoms with Crippen molar-refractivity contribution in [1.29, 1.82) is 0 Å². The quantitative estimate of drug-likeness (QED) is 0.150. The van der Waals surface area contributed by atoms with Crippen LogP contribution in [0.1, 0.15) is 37.0 Å². The van der Waals surface area contributed by atoms with E-state index in [1.807, 2.05) is 93.7 Å². The van der Waals surface area contributed by atoms with E-state index in [2.05, 4.69) is 15.6 Å².